The molecule has 1 aromatic rings. The van der Waals surface area contributed by atoms with Crippen molar-refractivity contribution in [1.29, 1.82) is 0 Å². The fraction of sp³-hybridized carbons (Fsp3) is 0.400. The summed E-state index contributed by atoms with van der Waals surface area (Å²) in [5.41, 5.74) is 1.77. The molecule has 0 amide bonds. The fourth-order valence-electron chi connectivity index (χ4n) is 1.18. The van der Waals surface area contributed by atoms with Crippen LogP contribution in [0.1, 0.15) is 24.0 Å². The van der Waals surface area contributed by atoms with Crippen LogP contribution in [0.4, 0.5) is 0 Å². The number of aromatic hydroxyl groups is 1. The Balaban J connectivity index is 3.18. The predicted octanol–water partition coefficient (Wildman–Crippen LogP) is 2.56. The third-order valence-corrected chi connectivity index (χ3v) is 3.15. The zero-order valence-electron chi connectivity index (χ0n) is 7.71. The molecule has 1 aromatic carbocycles. The summed E-state index contributed by atoms with van der Waals surface area (Å²) in [4.78, 5) is 0. The minimum absolute atomic E-state index is 0.0306. The van der Waals surface area contributed by atoms with E-state index in [0.29, 0.717) is 4.47 Å². The van der Waals surface area contributed by atoms with Crippen LogP contribution in [0, 0.1) is 6.92 Å². The molecular formula is C10H13BrO2. The molecule has 0 aromatic heterocycles. The van der Waals surface area contributed by atoms with E-state index in [1.807, 2.05) is 26.0 Å². The van der Waals surface area contributed by atoms with Crippen molar-refractivity contribution in [2.24, 2.45) is 0 Å². The van der Waals surface area contributed by atoms with E-state index in [4.69, 9.17) is 5.11 Å². The molecular weight excluding hydrogens is 232 g/mol. The summed E-state index contributed by atoms with van der Waals surface area (Å²) < 4.78 is 0.713. The Kier molecular flexibility index (Phi) is 3.33. The summed E-state index contributed by atoms with van der Waals surface area (Å²) in [6.07, 6.45) is 0. The lowest BCUT2D eigenvalue weighted by molar-refractivity contribution is 0.270. The van der Waals surface area contributed by atoms with Crippen molar-refractivity contribution in [2.45, 2.75) is 19.8 Å². The molecule has 0 spiro atoms. The lowest BCUT2D eigenvalue weighted by Gasteiger charge is -2.12. The van der Waals surface area contributed by atoms with Crippen molar-refractivity contribution in [3.63, 3.8) is 0 Å². The van der Waals surface area contributed by atoms with Crippen molar-refractivity contribution in [3.8, 4) is 5.75 Å². The molecule has 1 atom stereocenters. The summed E-state index contributed by atoms with van der Waals surface area (Å²) in [6, 6.07) is 3.77. The van der Waals surface area contributed by atoms with Gasteiger partial charge in [0.05, 0.1) is 4.47 Å². The normalized spacial score (nSPS) is 12.9. The second-order valence-corrected chi connectivity index (χ2v) is 4.01. The van der Waals surface area contributed by atoms with Gasteiger partial charge in [-0.2, -0.15) is 0 Å². The van der Waals surface area contributed by atoms with E-state index in [0.717, 1.165) is 11.1 Å². The smallest absolute Gasteiger partial charge is 0.133 e. The number of phenols is 1. The number of halogens is 1. The monoisotopic (exact) mass is 244 g/mol. The molecule has 0 aliphatic carbocycles. The Hall–Kier alpha value is -0.540. The van der Waals surface area contributed by atoms with Crippen LogP contribution >= 0.6 is 15.9 Å². The Morgan fingerprint density at radius 3 is 2.62 bits per heavy atom. The highest BCUT2D eigenvalue weighted by atomic mass is 79.9. The van der Waals surface area contributed by atoms with Gasteiger partial charge in [0.15, 0.2) is 0 Å². The second kappa shape index (κ2) is 4.11. The van der Waals surface area contributed by atoms with Crippen LogP contribution in [0.3, 0.4) is 0 Å². The number of aryl methyl sites for hydroxylation is 1. The standard InChI is InChI=1S/C10H13BrO2/c1-6-3-4-8(7(2)5-12)10(13)9(6)11/h3-4,7,12-13H,5H2,1-2H3. The van der Waals surface area contributed by atoms with E-state index in [9.17, 15) is 5.11 Å². The molecule has 13 heavy (non-hydrogen) atoms. The Morgan fingerprint density at radius 1 is 1.46 bits per heavy atom. The summed E-state index contributed by atoms with van der Waals surface area (Å²) in [6.45, 7) is 3.83. The van der Waals surface area contributed by atoms with E-state index in [2.05, 4.69) is 15.9 Å². The largest absolute Gasteiger partial charge is 0.506 e. The average Bonchev–Trinajstić information content (AvgIpc) is 2.13. The van der Waals surface area contributed by atoms with Gasteiger partial charge in [-0.05, 0) is 28.4 Å². The first kappa shape index (κ1) is 10.5. The topological polar surface area (TPSA) is 40.5 Å². The highest BCUT2D eigenvalue weighted by Crippen LogP contribution is 2.34. The van der Waals surface area contributed by atoms with Crippen LogP contribution in [-0.2, 0) is 0 Å². The quantitative estimate of drug-likeness (QED) is 0.840. The number of phenolic OH excluding ortho intramolecular Hbond substituents is 1. The van der Waals surface area contributed by atoms with E-state index >= 15 is 0 Å². The highest BCUT2D eigenvalue weighted by molar-refractivity contribution is 9.10. The van der Waals surface area contributed by atoms with Gasteiger partial charge in [0.1, 0.15) is 5.75 Å². The molecule has 0 bridgehead atoms. The van der Waals surface area contributed by atoms with Gasteiger partial charge in [0, 0.05) is 18.1 Å². The highest BCUT2D eigenvalue weighted by Gasteiger charge is 2.12. The number of hydrogen-bond donors (Lipinski definition) is 2. The first-order valence-corrected chi connectivity index (χ1v) is 4.96. The number of aliphatic hydroxyl groups is 1. The minimum Gasteiger partial charge on any atom is -0.506 e. The number of rotatable bonds is 2. The molecule has 1 rings (SSSR count). The first-order chi connectivity index (χ1) is 6.07. The van der Waals surface area contributed by atoms with E-state index in [1.165, 1.54) is 0 Å². The first-order valence-electron chi connectivity index (χ1n) is 4.16. The van der Waals surface area contributed by atoms with Crippen LogP contribution in [0.15, 0.2) is 16.6 Å². The van der Waals surface area contributed by atoms with Crippen LogP contribution in [-0.4, -0.2) is 16.8 Å². The molecule has 0 radical (unpaired) electrons. The van der Waals surface area contributed by atoms with Crippen molar-refractivity contribution >= 4 is 15.9 Å². The third kappa shape index (κ3) is 2.03. The van der Waals surface area contributed by atoms with Crippen molar-refractivity contribution < 1.29 is 10.2 Å². The summed E-state index contributed by atoms with van der Waals surface area (Å²) in [5, 5.41) is 18.7. The number of aliphatic hydroxyl groups excluding tert-OH is 1. The lowest BCUT2D eigenvalue weighted by atomic mass is 10.00. The molecule has 2 N–H and O–H groups in total. The minimum atomic E-state index is -0.0306. The van der Waals surface area contributed by atoms with Crippen LogP contribution in [0.25, 0.3) is 0 Å². The third-order valence-electron chi connectivity index (χ3n) is 2.15. The second-order valence-electron chi connectivity index (χ2n) is 3.22. The summed E-state index contributed by atoms with van der Waals surface area (Å²) in [7, 11) is 0. The molecule has 0 aliphatic heterocycles. The maximum absolute atomic E-state index is 9.72. The van der Waals surface area contributed by atoms with Crippen LogP contribution in [0.5, 0.6) is 5.75 Å². The zero-order chi connectivity index (χ0) is 10.0. The number of hydrogen-bond acceptors (Lipinski definition) is 2. The van der Waals surface area contributed by atoms with E-state index in [-0.39, 0.29) is 18.3 Å². The van der Waals surface area contributed by atoms with Crippen LogP contribution < -0.4 is 0 Å². The van der Waals surface area contributed by atoms with Crippen LogP contribution in [0.2, 0.25) is 0 Å². The Morgan fingerprint density at radius 2 is 2.08 bits per heavy atom. The molecule has 1 unspecified atom stereocenters. The molecule has 0 aliphatic rings. The van der Waals surface area contributed by atoms with Gasteiger partial charge in [0.2, 0.25) is 0 Å². The number of benzene rings is 1. The van der Waals surface area contributed by atoms with Gasteiger partial charge >= 0.3 is 0 Å². The summed E-state index contributed by atoms with van der Waals surface area (Å²) >= 11 is 3.30. The zero-order valence-corrected chi connectivity index (χ0v) is 9.30. The van der Waals surface area contributed by atoms with Crippen molar-refractivity contribution in [3.05, 3.63) is 27.7 Å². The van der Waals surface area contributed by atoms with Crippen molar-refractivity contribution in [2.75, 3.05) is 6.61 Å². The average molecular weight is 245 g/mol. The molecule has 0 fully saturated rings. The van der Waals surface area contributed by atoms with Gasteiger partial charge in [-0.1, -0.05) is 19.1 Å². The Bertz CT molecular complexity index is 310. The predicted molar refractivity (Wildman–Crippen MR) is 56.0 cm³/mol. The fourth-order valence-corrected chi connectivity index (χ4v) is 1.54. The van der Waals surface area contributed by atoms with E-state index < -0.39 is 0 Å². The van der Waals surface area contributed by atoms with Gasteiger partial charge in [-0.3, -0.25) is 0 Å². The molecule has 72 valence electrons. The van der Waals surface area contributed by atoms with Gasteiger partial charge in [0.25, 0.3) is 0 Å². The maximum atomic E-state index is 9.72. The van der Waals surface area contributed by atoms with Gasteiger partial charge < -0.3 is 10.2 Å². The van der Waals surface area contributed by atoms with Gasteiger partial charge in [-0.25, -0.2) is 0 Å². The Labute approximate surface area is 86.3 Å². The molecule has 0 heterocycles. The van der Waals surface area contributed by atoms with Crippen molar-refractivity contribution in [1.82, 2.24) is 0 Å². The molecule has 3 heteroatoms. The SMILES string of the molecule is Cc1ccc(C(C)CO)c(O)c1Br. The van der Waals surface area contributed by atoms with E-state index in [1.54, 1.807) is 0 Å². The maximum Gasteiger partial charge on any atom is 0.133 e. The molecule has 2 nitrogen and oxygen atoms in total. The molecule has 0 saturated carbocycles. The molecule has 0 saturated heterocycles. The lowest BCUT2D eigenvalue weighted by Crippen LogP contribution is -1.99. The van der Waals surface area contributed by atoms with Gasteiger partial charge in [-0.15, -0.1) is 0 Å². The summed E-state index contributed by atoms with van der Waals surface area (Å²) in [5.74, 6) is 0.207.